The van der Waals surface area contributed by atoms with Crippen molar-refractivity contribution in [2.75, 3.05) is 13.1 Å². The van der Waals surface area contributed by atoms with Gasteiger partial charge < -0.3 is 0 Å². The maximum absolute atomic E-state index is 2.90. The minimum atomic E-state index is 0.400. The lowest BCUT2D eigenvalue weighted by molar-refractivity contribution is -0.177. The molecule has 1 heterocycles. The highest BCUT2D eigenvalue weighted by atomic mass is 15.3. The number of fused-ring (bicyclic) bond motifs is 7. The minimum Gasteiger partial charge on any atom is -0.295 e. The Morgan fingerprint density at radius 3 is 2.36 bits per heavy atom. The molecule has 1 saturated heterocycles. The fraction of sp³-hybridized carbons (Fsp3) is 0.926. The van der Waals surface area contributed by atoms with Crippen LogP contribution in [-0.4, -0.2) is 23.5 Å². The van der Waals surface area contributed by atoms with Crippen LogP contribution in [0, 0.1) is 45.8 Å². The molecule has 8 unspecified atom stereocenters. The Morgan fingerprint density at radius 1 is 0.750 bits per heavy atom. The molecule has 6 rings (SSSR count). The van der Waals surface area contributed by atoms with E-state index in [1.807, 2.05) is 0 Å². The molecule has 0 aromatic carbocycles. The molecule has 1 aliphatic heterocycles. The van der Waals surface area contributed by atoms with Crippen LogP contribution in [0.25, 0.3) is 0 Å². The summed E-state index contributed by atoms with van der Waals surface area (Å²) >= 11 is 0. The Hall–Kier alpha value is -0.300. The molecule has 5 aliphatic carbocycles. The number of allylic oxidation sites excluding steroid dienone is 2. The summed E-state index contributed by atoms with van der Waals surface area (Å²) in [7, 11) is 0. The fourth-order valence-electron chi connectivity index (χ4n) is 10.8. The zero-order chi connectivity index (χ0) is 19.4. The monoisotopic (exact) mass is 381 g/mol. The van der Waals surface area contributed by atoms with Crippen molar-refractivity contribution < 1.29 is 0 Å². The molecule has 6 aliphatic rings. The van der Waals surface area contributed by atoms with Crippen LogP contribution in [-0.2, 0) is 0 Å². The Labute approximate surface area is 173 Å². The highest BCUT2D eigenvalue weighted by Crippen LogP contribution is 2.71. The van der Waals surface area contributed by atoms with Crippen molar-refractivity contribution in [2.45, 2.75) is 97.4 Å². The van der Waals surface area contributed by atoms with Crippen molar-refractivity contribution in [1.82, 2.24) is 4.90 Å². The van der Waals surface area contributed by atoms with E-state index in [9.17, 15) is 0 Å². The first-order valence-electron chi connectivity index (χ1n) is 12.7. The standard InChI is InChI=1S/C27H43N/c1-24(2)12-6-13-26(4)22(24)11-15-25(3)20-10-16-27(28-17-18-28)14-5-7-21(27)19(20)8-9-23(25)26/h6,12,19-23H,5,7-11,13-18H2,1-4H3. The van der Waals surface area contributed by atoms with Crippen LogP contribution in [0.4, 0.5) is 0 Å². The fourth-order valence-corrected chi connectivity index (χ4v) is 10.8. The van der Waals surface area contributed by atoms with Gasteiger partial charge in [-0.25, -0.2) is 0 Å². The van der Waals surface area contributed by atoms with Gasteiger partial charge in [-0.2, -0.15) is 0 Å². The van der Waals surface area contributed by atoms with Crippen LogP contribution >= 0.6 is 0 Å². The lowest BCUT2D eigenvalue weighted by Gasteiger charge is -2.68. The van der Waals surface area contributed by atoms with Crippen molar-refractivity contribution in [2.24, 2.45) is 45.8 Å². The molecule has 1 heteroatoms. The van der Waals surface area contributed by atoms with Gasteiger partial charge in [-0.15, -0.1) is 0 Å². The summed E-state index contributed by atoms with van der Waals surface area (Å²) in [5.41, 5.74) is 2.21. The lowest BCUT2D eigenvalue weighted by Crippen LogP contribution is -2.62. The smallest absolute Gasteiger partial charge is 0.0241 e. The van der Waals surface area contributed by atoms with E-state index in [-0.39, 0.29) is 0 Å². The number of hydrogen-bond donors (Lipinski definition) is 0. The predicted octanol–water partition coefficient (Wildman–Crippen LogP) is 6.69. The molecule has 5 fully saturated rings. The third-order valence-corrected chi connectivity index (χ3v) is 11.8. The topological polar surface area (TPSA) is 3.01 Å². The Morgan fingerprint density at radius 2 is 1.57 bits per heavy atom. The minimum absolute atomic E-state index is 0.400. The van der Waals surface area contributed by atoms with Gasteiger partial charge in [0.15, 0.2) is 0 Å². The average Bonchev–Trinajstić information content (AvgIpc) is 3.40. The maximum atomic E-state index is 2.90. The van der Waals surface area contributed by atoms with E-state index in [0.29, 0.717) is 21.8 Å². The van der Waals surface area contributed by atoms with Gasteiger partial charge in [0, 0.05) is 18.6 Å². The normalized spacial score (nSPS) is 57.1. The van der Waals surface area contributed by atoms with E-state index < -0.39 is 0 Å². The van der Waals surface area contributed by atoms with Crippen LogP contribution < -0.4 is 0 Å². The molecule has 0 N–H and O–H groups in total. The Kier molecular flexibility index (Phi) is 3.75. The van der Waals surface area contributed by atoms with E-state index in [1.54, 1.807) is 19.3 Å². The number of hydrogen-bond acceptors (Lipinski definition) is 1. The Balaban J connectivity index is 1.35. The number of rotatable bonds is 1. The summed E-state index contributed by atoms with van der Waals surface area (Å²) < 4.78 is 0. The quantitative estimate of drug-likeness (QED) is 0.361. The SMILES string of the molecule is CC1(C)C=CCC2(C)C1CCC1(C)C3CCC4(N5CC5)CCCC4C3CCC12. The van der Waals surface area contributed by atoms with E-state index in [4.69, 9.17) is 0 Å². The second-order valence-electron chi connectivity index (χ2n) is 13.1. The molecule has 0 spiro atoms. The van der Waals surface area contributed by atoms with Crippen molar-refractivity contribution >= 4 is 0 Å². The molecule has 0 radical (unpaired) electrons. The van der Waals surface area contributed by atoms with Gasteiger partial charge in [-0.1, -0.05) is 46.3 Å². The first-order chi connectivity index (χ1) is 13.3. The lowest BCUT2D eigenvalue weighted by atomic mass is 9.37. The van der Waals surface area contributed by atoms with Crippen LogP contribution in [0.15, 0.2) is 12.2 Å². The summed E-state index contributed by atoms with van der Waals surface area (Å²) in [5, 5.41) is 0. The molecule has 4 saturated carbocycles. The van der Waals surface area contributed by atoms with E-state index in [1.165, 1.54) is 58.0 Å². The van der Waals surface area contributed by atoms with Gasteiger partial charge in [0.2, 0.25) is 0 Å². The largest absolute Gasteiger partial charge is 0.295 e. The molecule has 28 heavy (non-hydrogen) atoms. The van der Waals surface area contributed by atoms with Crippen molar-refractivity contribution in [3.05, 3.63) is 12.2 Å². The van der Waals surface area contributed by atoms with Crippen LogP contribution in [0.1, 0.15) is 91.9 Å². The van der Waals surface area contributed by atoms with Crippen molar-refractivity contribution in [1.29, 1.82) is 0 Å². The van der Waals surface area contributed by atoms with Crippen molar-refractivity contribution in [3.63, 3.8) is 0 Å². The Bertz CT molecular complexity index is 688. The molecular formula is C27H43N. The van der Waals surface area contributed by atoms with Gasteiger partial charge >= 0.3 is 0 Å². The molecular weight excluding hydrogens is 338 g/mol. The van der Waals surface area contributed by atoms with Gasteiger partial charge in [-0.3, -0.25) is 4.90 Å². The third-order valence-electron chi connectivity index (χ3n) is 11.8. The molecule has 8 atom stereocenters. The van der Waals surface area contributed by atoms with Gasteiger partial charge in [0.1, 0.15) is 0 Å². The van der Waals surface area contributed by atoms with Crippen LogP contribution in [0.2, 0.25) is 0 Å². The summed E-state index contributed by atoms with van der Waals surface area (Å²) in [6.45, 7) is 13.4. The summed E-state index contributed by atoms with van der Waals surface area (Å²) in [6, 6.07) is 0. The average molecular weight is 382 g/mol. The molecule has 1 nitrogen and oxygen atoms in total. The van der Waals surface area contributed by atoms with E-state index >= 15 is 0 Å². The first-order valence-corrected chi connectivity index (χ1v) is 12.7. The van der Waals surface area contributed by atoms with Gasteiger partial charge in [-0.05, 0) is 104 Å². The van der Waals surface area contributed by atoms with Gasteiger partial charge in [0.05, 0.1) is 0 Å². The zero-order valence-corrected chi connectivity index (χ0v) is 19.0. The highest BCUT2D eigenvalue weighted by Gasteiger charge is 2.65. The second-order valence-corrected chi connectivity index (χ2v) is 13.1. The highest BCUT2D eigenvalue weighted by molar-refractivity contribution is 5.20. The first kappa shape index (κ1) is 18.5. The number of nitrogens with zero attached hydrogens (tertiary/aromatic N) is 1. The van der Waals surface area contributed by atoms with Crippen LogP contribution in [0.3, 0.4) is 0 Å². The summed E-state index contributed by atoms with van der Waals surface area (Å²) in [5.74, 6) is 4.96. The molecule has 0 aromatic rings. The van der Waals surface area contributed by atoms with Crippen LogP contribution in [0.5, 0.6) is 0 Å². The maximum Gasteiger partial charge on any atom is 0.0241 e. The van der Waals surface area contributed by atoms with E-state index in [2.05, 4.69) is 44.7 Å². The molecule has 156 valence electrons. The molecule has 0 amide bonds. The third kappa shape index (κ3) is 2.19. The molecule has 0 aromatic heterocycles. The predicted molar refractivity (Wildman–Crippen MR) is 117 cm³/mol. The van der Waals surface area contributed by atoms with Gasteiger partial charge in [0.25, 0.3) is 0 Å². The van der Waals surface area contributed by atoms with E-state index in [0.717, 1.165) is 29.6 Å². The zero-order valence-electron chi connectivity index (χ0n) is 19.0. The summed E-state index contributed by atoms with van der Waals surface area (Å²) in [6.07, 6.45) is 20.2. The van der Waals surface area contributed by atoms with Crippen molar-refractivity contribution in [3.8, 4) is 0 Å². The summed E-state index contributed by atoms with van der Waals surface area (Å²) in [4.78, 5) is 2.90. The second kappa shape index (κ2) is 5.68. The molecule has 0 bridgehead atoms.